The SMILES string of the molecule is O=Cc1ccc(Oc2nc(-c3cccs3)nc3ccccc23)cc1. The standard InChI is InChI=1S/C19H12N2O2S/c22-12-13-7-9-14(10-8-13)23-19-15-4-1-2-5-16(15)20-18(21-19)17-6-3-11-24-17/h1-12H. The second kappa shape index (κ2) is 6.22. The first-order chi connectivity index (χ1) is 11.8. The van der Waals surface area contributed by atoms with Gasteiger partial charge in [0.25, 0.3) is 0 Å². The van der Waals surface area contributed by atoms with Gasteiger partial charge in [0, 0.05) is 5.56 Å². The van der Waals surface area contributed by atoms with Crippen LogP contribution in [0.2, 0.25) is 0 Å². The summed E-state index contributed by atoms with van der Waals surface area (Å²) in [7, 11) is 0. The molecule has 5 heteroatoms. The Morgan fingerprint density at radius 3 is 2.50 bits per heavy atom. The average Bonchev–Trinajstić information content (AvgIpc) is 3.17. The highest BCUT2D eigenvalue weighted by atomic mass is 32.1. The Morgan fingerprint density at radius 2 is 1.75 bits per heavy atom. The van der Waals surface area contributed by atoms with Crippen LogP contribution in [-0.2, 0) is 0 Å². The Labute approximate surface area is 142 Å². The number of benzene rings is 2. The van der Waals surface area contributed by atoms with Crippen molar-refractivity contribution < 1.29 is 9.53 Å². The predicted molar refractivity (Wildman–Crippen MR) is 94.8 cm³/mol. The maximum Gasteiger partial charge on any atom is 0.230 e. The summed E-state index contributed by atoms with van der Waals surface area (Å²) < 4.78 is 5.97. The third kappa shape index (κ3) is 2.77. The molecular weight excluding hydrogens is 320 g/mol. The highest BCUT2D eigenvalue weighted by Gasteiger charge is 2.11. The van der Waals surface area contributed by atoms with E-state index in [1.807, 2.05) is 41.8 Å². The molecule has 2 aromatic carbocycles. The Kier molecular flexibility index (Phi) is 3.76. The first-order valence-corrected chi connectivity index (χ1v) is 8.25. The number of carbonyl (C=O) groups is 1. The van der Waals surface area contributed by atoms with Crippen molar-refractivity contribution in [2.24, 2.45) is 0 Å². The van der Waals surface area contributed by atoms with Crippen molar-refractivity contribution in [3.05, 3.63) is 71.6 Å². The van der Waals surface area contributed by atoms with Gasteiger partial charge in [-0.2, -0.15) is 4.98 Å². The highest BCUT2D eigenvalue weighted by molar-refractivity contribution is 7.13. The second-order valence-corrected chi connectivity index (χ2v) is 6.08. The number of para-hydroxylation sites is 1. The van der Waals surface area contributed by atoms with Gasteiger partial charge in [0.2, 0.25) is 5.88 Å². The van der Waals surface area contributed by atoms with Crippen LogP contribution in [0.5, 0.6) is 11.6 Å². The molecule has 2 aromatic heterocycles. The monoisotopic (exact) mass is 332 g/mol. The molecule has 116 valence electrons. The van der Waals surface area contributed by atoms with Crippen LogP contribution in [0.4, 0.5) is 0 Å². The van der Waals surface area contributed by atoms with Crippen molar-refractivity contribution in [3.63, 3.8) is 0 Å². The molecule has 24 heavy (non-hydrogen) atoms. The Balaban J connectivity index is 1.81. The highest BCUT2D eigenvalue weighted by Crippen LogP contribution is 2.31. The summed E-state index contributed by atoms with van der Waals surface area (Å²) in [6, 6.07) is 18.6. The van der Waals surface area contributed by atoms with Crippen molar-refractivity contribution in [3.8, 4) is 22.3 Å². The molecule has 0 aliphatic rings. The zero-order valence-corrected chi connectivity index (χ0v) is 13.4. The van der Waals surface area contributed by atoms with E-state index in [4.69, 9.17) is 4.74 Å². The van der Waals surface area contributed by atoms with Gasteiger partial charge >= 0.3 is 0 Å². The number of aromatic nitrogens is 2. The predicted octanol–water partition coefficient (Wildman–Crippen LogP) is 4.96. The van der Waals surface area contributed by atoms with Crippen molar-refractivity contribution in [1.82, 2.24) is 9.97 Å². The first kappa shape index (κ1) is 14.5. The topological polar surface area (TPSA) is 52.1 Å². The zero-order chi connectivity index (χ0) is 16.4. The molecule has 0 spiro atoms. The lowest BCUT2D eigenvalue weighted by Crippen LogP contribution is -1.95. The van der Waals surface area contributed by atoms with E-state index in [0.29, 0.717) is 23.0 Å². The van der Waals surface area contributed by atoms with E-state index in [2.05, 4.69) is 9.97 Å². The van der Waals surface area contributed by atoms with Gasteiger partial charge < -0.3 is 4.74 Å². The Bertz CT molecular complexity index is 996. The quantitative estimate of drug-likeness (QED) is 0.495. The number of aldehydes is 1. The number of hydrogen-bond donors (Lipinski definition) is 0. The van der Waals surface area contributed by atoms with Gasteiger partial charge in [-0.15, -0.1) is 11.3 Å². The number of nitrogens with zero attached hydrogens (tertiary/aromatic N) is 2. The summed E-state index contributed by atoms with van der Waals surface area (Å²) in [5.74, 6) is 1.77. The molecule has 0 atom stereocenters. The van der Waals surface area contributed by atoms with Crippen molar-refractivity contribution in [1.29, 1.82) is 0 Å². The molecule has 0 saturated heterocycles. The van der Waals surface area contributed by atoms with Crippen LogP contribution in [0.1, 0.15) is 10.4 Å². The van der Waals surface area contributed by atoms with Gasteiger partial charge in [0.05, 0.1) is 15.8 Å². The Hall–Kier alpha value is -3.05. The van der Waals surface area contributed by atoms with Crippen molar-refractivity contribution in [2.75, 3.05) is 0 Å². The summed E-state index contributed by atoms with van der Waals surface area (Å²) in [6.07, 6.45) is 0.804. The van der Waals surface area contributed by atoms with Crippen LogP contribution in [0.15, 0.2) is 66.0 Å². The average molecular weight is 332 g/mol. The summed E-state index contributed by atoms with van der Waals surface area (Å²) in [4.78, 5) is 21.0. The first-order valence-electron chi connectivity index (χ1n) is 7.37. The maximum atomic E-state index is 10.8. The largest absolute Gasteiger partial charge is 0.438 e. The van der Waals surface area contributed by atoms with E-state index < -0.39 is 0 Å². The second-order valence-electron chi connectivity index (χ2n) is 5.14. The van der Waals surface area contributed by atoms with Crippen LogP contribution in [-0.4, -0.2) is 16.3 Å². The van der Waals surface area contributed by atoms with Crippen molar-refractivity contribution >= 4 is 28.5 Å². The van der Waals surface area contributed by atoms with Gasteiger partial charge in [-0.3, -0.25) is 4.79 Å². The fourth-order valence-electron chi connectivity index (χ4n) is 2.37. The van der Waals surface area contributed by atoms with Crippen LogP contribution in [0.25, 0.3) is 21.6 Å². The molecule has 4 aromatic rings. The lowest BCUT2D eigenvalue weighted by atomic mass is 10.2. The smallest absolute Gasteiger partial charge is 0.230 e. The normalized spacial score (nSPS) is 10.7. The zero-order valence-electron chi connectivity index (χ0n) is 12.5. The molecule has 0 bridgehead atoms. The van der Waals surface area contributed by atoms with Gasteiger partial charge in [-0.05, 0) is 47.8 Å². The Morgan fingerprint density at radius 1 is 0.917 bits per heavy atom. The summed E-state index contributed by atoms with van der Waals surface area (Å²) in [5, 5.41) is 2.84. The maximum absolute atomic E-state index is 10.8. The van der Waals surface area contributed by atoms with E-state index in [1.165, 1.54) is 0 Å². The van der Waals surface area contributed by atoms with Crippen LogP contribution >= 0.6 is 11.3 Å². The van der Waals surface area contributed by atoms with Crippen LogP contribution < -0.4 is 4.74 Å². The minimum Gasteiger partial charge on any atom is -0.438 e. The third-order valence-corrected chi connectivity index (χ3v) is 4.41. The number of thiophene rings is 1. The number of carbonyl (C=O) groups excluding carboxylic acids is 1. The molecule has 0 unspecified atom stereocenters. The van der Waals surface area contributed by atoms with Crippen LogP contribution in [0, 0.1) is 0 Å². The minimum absolute atomic E-state index is 0.503. The van der Waals surface area contributed by atoms with Gasteiger partial charge in [-0.25, -0.2) is 4.98 Å². The molecule has 0 amide bonds. The van der Waals surface area contributed by atoms with E-state index in [0.717, 1.165) is 22.1 Å². The van der Waals surface area contributed by atoms with Gasteiger partial charge in [0.15, 0.2) is 5.82 Å². The molecule has 0 radical (unpaired) electrons. The molecule has 4 nitrogen and oxygen atoms in total. The molecule has 0 fully saturated rings. The van der Waals surface area contributed by atoms with E-state index in [-0.39, 0.29) is 0 Å². The minimum atomic E-state index is 0.503. The van der Waals surface area contributed by atoms with Gasteiger partial charge in [-0.1, -0.05) is 18.2 Å². The molecule has 4 rings (SSSR count). The van der Waals surface area contributed by atoms with Crippen LogP contribution in [0.3, 0.4) is 0 Å². The van der Waals surface area contributed by atoms with E-state index in [1.54, 1.807) is 35.6 Å². The third-order valence-electron chi connectivity index (χ3n) is 3.54. The fraction of sp³-hybridized carbons (Fsp3) is 0. The van der Waals surface area contributed by atoms with Gasteiger partial charge in [0.1, 0.15) is 12.0 Å². The molecule has 0 aliphatic carbocycles. The van der Waals surface area contributed by atoms with E-state index in [9.17, 15) is 4.79 Å². The number of fused-ring (bicyclic) bond motifs is 1. The number of hydrogen-bond acceptors (Lipinski definition) is 5. The summed E-state index contributed by atoms with van der Waals surface area (Å²) >= 11 is 1.59. The summed E-state index contributed by atoms with van der Waals surface area (Å²) in [6.45, 7) is 0. The molecular formula is C19H12N2O2S. The molecule has 0 aliphatic heterocycles. The lowest BCUT2D eigenvalue weighted by Gasteiger charge is -2.09. The molecule has 0 N–H and O–H groups in total. The number of rotatable bonds is 4. The molecule has 0 saturated carbocycles. The number of ether oxygens (including phenoxy) is 1. The lowest BCUT2D eigenvalue weighted by molar-refractivity contribution is 0.112. The molecule has 2 heterocycles. The van der Waals surface area contributed by atoms with Crippen molar-refractivity contribution in [2.45, 2.75) is 0 Å². The fourth-order valence-corrected chi connectivity index (χ4v) is 3.02. The van der Waals surface area contributed by atoms with E-state index >= 15 is 0 Å². The summed E-state index contributed by atoms with van der Waals surface area (Å²) in [5.41, 5.74) is 1.43.